The number of rotatable bonds is 8. The maximum atomic E-state index is 5.92. The van der Waals surface area contributed by atoms with Crippen molar-refractivity contribution >= 4 is 33.5 Å². The van der Waals surface area contributed by atoms with Crippen molar-refractivity contribution in [1.82, 2.24) is 0 Å². The van der Waals surface area contributed by atoms with E-state index in [1.165, 1.54) is 27.9 Å². The summed E-state index contributed by atoms with van der Waals surface area (Å²) in [4.78, 5) is 7.65. The average molecular weight is 596 g/mol. The van der Waals surface area contributed by atoms with Gasteiger partial charge in [0.15, 0.2) is 11.5 Å². The Morgan fingerprint density at radius 2 is 1.48 bits per heavy atom. The van der Waals surface area contributed by atoms with Crippen molar-refractivity contribution < 1.29 is 9.47 Å². The molecule has 2 heterocycles. The largest absolute Gasteiger partial charge is 0.493 e. The summed E-state index contributed by atoms with van der Waals surface area (Å²) in [6, 6.07) is 30.6. The summed E-state index contributed by atoms with van der Waals surface area (Å²) in [5, 5.41) is 0. The van der Waals surface area contributed by atoms with Gasteiger partial charge >= 0.3 is 0 Å². The average Bonchev–Trinajstić information content (AvgIpc) is 3.00. The number of hydrogen-bond donors (Lipinski definition) is 0. The zero-order chi connectivity index (χ0) is 27.5. The third-order valence-corrected chi connectivity index (χ3v) is 8.65. The molecule has 4 aromatic carbocycles. The maximum absolute atomic E-state index is 5.92. The predicted octanol–water partition coefficient (Wildman–Crippen LogP) is 8.87. The third kappa shape index (κ3) is 5.27. The lowest BCUT2D eigenvalue weighted by Crippen LogP contribution is -2.37. The van der Waals surface area contributed by atoms with Crippen molar-refractivity contribution in [2.75, 3.05) is 31.7 Å². The van der Waals surface area contributed by atoms with Crippen LogP contribution in [-0.2, 0) is 0 Å². The first-order valence-electron chi connectivity index (χ1n) is 14.2. The molecule has 2 atom stereocenters. The quantitative estimate of drug-likeness (QED) is 0.191. The van der Waals surface area contributed by atoms with E-state index in [2.05, 4.69) is 101 Å². The van der Waals surface area contributed by atoms with E-state index in [1.54, 1.807) is 7.11 Å². The molecule has 0 radical (unpaired) electrons. The molecule has 0 spiro atoms. The van der Waals surface area contributed by atoms with Gasteiger partial charge in [0.25, 0.3) is 0 Å². The van der Waals surface area contributed by atoms with Gasteiger partial charge in [-0.3, -0.25) is 4.99 Å². The Labute approximate surface area is 245 Å². The number of methoxy groups -OCH3 is 1. The van der Waals surface area contributed by atoms with Crippen molar-refractivity contribution in [3.63, 3.8) is 0 Å². The van der Waals surface area contributed by atoms with Gasteiger partial charge in [-0.2, -0.15) is 0 Å². The molecule has 0 amide bonds. The highest BCUT2D eigenvalue weighted by molar-refractivity contribution is 9.10. The number of ether oxygens (including phenoxy) is 2. The van der Waals surface area contributed by atoms with E-state index >= 15 is 0 Å². The van der Waals surface area contributed by atoms with Crippen LogP contribution in [0.5, 0.6) is 11.5 Å². The summed E-state index contributed by atoms with van der Waals surface area (Å²) < 4.78 is 12.4. The van der Waals surface area contributed by atoms with Gasteiger partial charge in [0, 0.05) is 36.8 Å². The Morgan fingerprint density at radius 1 is 0.875 bits per heavy atom. The van der Waals surface area contributed by atoms with Crippen molar-refractivity contribution in [2.24, 2.45) is 4.99 Å². The fraction of sp³-hybridized carbons (Fsp3) is 0.286. The standard InChI is InChI=1S/C35H35BrN2O2/c1-3-18-40-35-32(36)19-24(20-33(35)39-2)23-37-27-21-30-28(25-10-6-4-7-11-25)14-16-38-17-15-29(31(22-27)34(30)38)26-12-8-5-9-13-26/h4-13,19-23,28-29H,3,14-18H2,1-2H3/t28-,29-/m1/s1. The second kappa shape index (κ2) is 11.9. The molecule has 6 rings (SSSR count). The van der Waals surface area contributed by atoms with Crippen LogP contribution in [-0.4, -0.2) is 33.0 Å². The molecule has 40 heavy (non-hydrogen) atoms. The summed E-state index contributed by atoms with van der Waals surface area (Å²) >= 11 is 3.68. The Balaban J connectivity index is 1.44. The van der Waals surface area contributed by atoms with Crippen LogP contribution in [0.1, 0.15) is 65.8 Å². The topological polar surface area (TPSA) is 34.1 Å². The number of anilines is 1. The van der Waals surface area contributed by atoms with E-state index in [0.717, 1.165) is 53.8 Å². The molecule has 0 aromatic heterocycles. The highest BCUT2D eigenvalue weighted by Crippen LogP contribution is 2.50. The van der Waals surface area contributed by atoms with Crippen LogP contribution < -0.4 is 14.4 Å². The monoisotopic (exact) mass is 594 g/mol. The Kier molecular flexibility index (Phi) is 7.92. The summed E-state index contributed by atoms with van der Waals surface area (Å²) in [7, 11) is 1.68. The highest BCUT2D eigenvalue weighted by atomic mass is 79.9. The summed E-state index contributed by atoms with van der Waals surface area (Å²) in [5.41, 5.74) is 8.91. The molecule has 0 bridgehead atoms. The fourth-order valence-electron chi connectivity index (χ4n) is 6.22. The first kappa shape index (κ1) is 26.6. The number of halogens is 1. The molecule has 2 aliphatic rings. The normalized spacial score (nSPS) is 18.0. The van der Waals surface area contributed by atoms with Gasteiger partial charge in [0.1, 0.15) is 0 Å². The van der Waals surface area contributed by atoms with Crippen LogP contribution in [0.25, 0.3) is 0 Å². The van der Waals surface area contributed by atoms with Crippen LogP contribution in [0, 0.1) is 0 Å². The molecule has 0 N–H and O–H groups in total. The van der Waals surface area contributed by atoms with Gasteiger partial charge in [0.2, 0.25) is 0 Å². The van der Waals surface area contributed by atoms with E-state index in [-0.39, 0.29) is 0 Å². The lowest BCUT2D eigenvalue weighted by Gasteiger charge is -2.43. The van der Waals surface area contributed by atoms with Crippen LogP contribution in [0.15, 0.2) is 94.4 Å². The highest BCUT2D eigenvalue weighted by Gasteiger charge is 2.35. The van der Waals surface area contributed by atoms with Gasteiger partial charge in [-0.05, 0) is 87.3 Å². The minimum Gasteiger partial charge on any atom is -0.493 e. The van der Waals surface area contributed by atoms with Crippen LogP contribution in [0.3, 0.4) is 0 Å². The Morgan fingerprint density at radius 3 is 2.02 bits per heavy atom. The van der Waals surface area contributed by atoms with Gasteiger partial charge in [-0.25, -0.2) is 0 Å². The van der Waals surface area contributed by atoms with E-state index in [0.29, 0.717) is 24.2 Å². The molecule has 0 unspecified atom stereocenters. The van der Waals surface area contributed by atoms with Crippen molar-refractivity contribution in [3.05, 3.63) is 117 Å². The molecule has 2 aliphatic heterocycles. The van der Waals surface area contributed by atoms with Gasteiger partial charge < -0.3 is 14.4 Å². The van der Waals surface area contributed by atoms with Crippen LogP contribution >= 0.6 is 15.9 Å². The molecule has 0 saturated carbocycles. The second-order valence-corrected chi connectivity index (χ2v) is 11.5. The number of hydrogen-bond acceptors (Lipinski definition) is 4. The minimum absolute atomic E-state index is 0.361. The van der Waals surface area contributed by atoms with Gasteiger partial charge in [0.05, 0.1) is 23.9 Å². The second-order valence-electron chi connectivity index (χ2n) is 10.6. The summed E-state index contributed by atoms with van der Waals surface area (Å²) in [6.07, 6.45) is 5.10. The van der Waals surface area contributed by atoms with E-state index in [1.807, 2.05) is 18.3 Å². The van der Waals surface area contributed by atoms with Crippen molar-refractivity contribution in [1.29, 1.82) is 0 Å². The predicted molar refractivity (Wildman–Crippen MR) is 168 cm³/mol. The zero-order valence-electron chi connectivity index (χ0n) is 23.1. The Bertz CT molecular complexity index is 1430. The van der Waals surface area contributed by atoms with E-state index < -0.39 is 0 Å². The summed E-state index contributed by atoms with van der Waals surface area (Å²) in [6.45, 7) is 4.91. The molecular weight excluding hydrogens is 560 g/mol. The lowest BCUT2D eigenvalue weighted by atomic mass is 9.76. The molecule has 4 aromatic rings. The first-order valence-corrected chi connectivity index (χ1v) is 15.0. The minimum atomic E-state index is 0.361. The molecule has 0 saturated heterocycles. The lowest BCUT2D eigenvalue weighted by molar-refractivity contribution is 0.292. The smallest absolute Gasteiger partial charge is 0.175 e. The number of nitrogens with zero attached hydrogens (tertiary/aromatic N) is 2. The fourth-order valence-corrected chi connectivity index (χ4v) is 6.80. The van der Waals surface area contributed by atoms with Gasteiger partial charge in [-0.1, -0.05) is 67.6 Å². The zero-order valence-corrected chi connectivity index (χ0v) is 24.7. The van der Waals surface area contributed by atoms with Crippen LogP contribution in [0.2, 0.25) is 0 Å². The molecule has 5 heteroatoms. The van der Waals surface area contributed by atoms with E-state index in [4.69, 9.17) is 14.5 Å². The molecule has 204 valence electrons. The first-order chi connectivity index (χ1) is 19.7. The SMILES string of the molecule is CCCOc1c(Br)cc(C=Nc2cc3c4c(c2)[C@@H](c2ccccc2)CCN4CC[C@@H]3c2ccccc2)cc1OC. The maximum Gasteiger partial charge on any atom is 0.175 e. The molecule has 4 nitrogen and oxygen atoms in total. The van der Waals surface area contributed by atoms with E-state index in [9.17, 15) is 0 Å². The molecule has 0 fully saturated rings. The van der Waals surface area contributed by atoms with Crippen molar-refractivity contribution in [2.45, 2.75) is 38.0 Å². The molecular formula is C35H35BrN2O2. The third-order valence-electron chi connectivity index (χ3n) is 8.06. The van der Waals surface area contributed by atoms with Gasteiger partial charge in [-0.15, -0.1) is 0 Å². The number of aliphatic imine (C=N–C) groups is 1. The van der Waals surface area contributed by atoms with Crippen LogP contribution in [0.4, 0.5) is 11.4 Å². The summed E-state index contributed by atoms with van der Waals surface area (Å²) in [5.74, 6) is 2.16. The van der Waals surface area contributed by atoms with Crippen molar-refractivity contribution in [3.8, 4) is 11.5 Å². The number of benzene rings is 4. The molecule has 0 aliphatic carbocycles. The Hall–Kier alpha value is -3.57.